The van der Waals surface area contributed by atoms with Gasteiger partial charge in [0, 0.05) is 15.6 Å². The van der Waals surface area contributed by atoms with Crippen LogP contribution in [0.4, 0.5) is 4.39 Å². The molecule has 0 spiro atoms. The van der Waals surface area contributed by atoms with E-state index < -0.39 is 5.54 Å². The molecule has 0 saturated heterocycles. The van der Waals surface area contributed by atoms with Crippen LogP contribution in [0.25, 0.3) is 0 Å². The normalized spacial score (nSPS) is 19.6. The molecule has 13 heavy (non-hydrogen) atoms. The second-order valence-corrected chi connectivity index (χ2v) is 4.55. The van der Waals surface area contributed by atoms with Crippen molar-refractivity contribution in [3.05, 3.63) is 34.1 Å². The van der Waals surface area contributed by atoms with E-state index >= 15 is 0 Å². The Bertz CT molecular complexity index is 334. The summed E-state index contributed by atoms with van der Waals surface area (Å²) in [5.74, 6) is -0.198. The number of hydrogen-bond donors (Lipinski definition) is 1. The summed E-state index contributed by atoms with van der Waals surface area (Å²) in [5.41, 5.74) is 6.28. The standard InChI is InChI=1S/C10H11BrFN/c11-7-2-3-8(9(12)6-7)10(13)4-1-5-10/h2-3,6H,1,4-5,13H2. The fourth-order valence-electron chi connectivity index (χ4n) is 1.72. The summed E-state index contributed by atoms with van der Waals surface area (Å²) in [4.78, 5) is 0. The lowest BCUT2D eigenvalue weighted by Gasteiger charge is -2.38. The van der Waals surface area contributed by atoms with E-state index in [0.29, 0.717) is 5.56 Å². The van der Waals surface area contributed by atoms with Crippen LogP contribution in [0.5, 0.6) is 0 Å². The largest absolute Gasteiger partial charge is 0.321 e. The van der Waals surface area contributed by atoms with Gasteiger partial charge < -0.3 is 5.73 Å². The summed E-state index contributed by atoms with van der Waals surface area (Å²) in [6.45, 7) is 0. The molecule has 0 aliphatic heterocycles. The van der Waals surface area contributed by atoms with Crippen molar-refractivity contribution in [2.45, 2.75) is 24.8 Å². The molecular weight excluding hydrogens is 233 g/mol. The van der Waals surface area contributed by atoms with Gasteiger partial charge >= 0.3 is 0 Å². The second-order valence-electron chi connectivity index (χ2n) is 3.63. The molecule has 0 bridgehead atoms. The van der Waals surface area contributed by atoms with Crippen LogP contribution in [0.15, 0.2) is 22.7 Å². The third-order valence-corrected chi connectivity index (χ3v) is 3.21. The van der Waals surface area contributed by atoms with Gasteiger partial charge in [0.15, 0.2) is 0 Å². The second kappa shape index (κ2) is 3.07. The third kappa shape index (κ3) is 1.51. The zero-order valence-electron chi connectivity index (χ0n) is 7.19. The molecule has 1 nitrogen and oxygen atoms in total. The molecule has 0 amide bonds. The van der Waals surface area contributed by atoms with Gasteiger partial charge in [-0.05, 0) is 31.4 Å². The molecule has 1 fully saturated rings. The number of rotatable bonds is 1. The van der Waals surface area contributed by atoms with Gasteiger partial charge in [0.2, 0.25) is 0 Å². The SMILES string of the molecule is NC1(c2ccc(Br)cc2F)CCC1. The number of nitrogens with two attached hydrogens (primary N) is 1. The van der Waals surface area contributed by atoms with E-state index in [1.165, 1.54) is 6.07 Å². The van der Waals surface area contributed by atoms with Crippen molar-refractivity contribution >= 4 is 15.9 Å². The molecule has 0 heterocycles. The van der Waals surface area contributed by atoms with Crippen molar-refractivity contribution in [1.82, 2.24) is 0 Å². The Kier molecular flexibility index (Phi) is 2.16. The molecule has 1 aromatic carbocycles. The number of halogens is 2. The molecule has 1 aliphatic carbocycles. The monoisotopic (exact) mass is 243 g/mol. The van der Waals surface area contributed by atoms with Crippen LogP contribution < -0.4 is 5.73 Å². The molecule has 70 valence electrons. The van der Waals surface area contributed by atoms with E-state index in [2.05, 4.69) is 15.9 Å². The minimum Gasteiger partial charge on any atom is -0.321 e. The smallest absolute Gasteiger partial charge is 0.129 e. The maximum absolute atomic E-state index is 13.5. The summed E-state index contributed by atoms with van der Waals surface area (Å²) in [6, 6.07) is 5.09. The van der Waals surface area contributed by atoms with Gasteiger partial charge in [0.1, 0.15) is 5.82 Å². The lowest BCUT2D eigenvalue weighted by Crippen LogP contribution is -2.43. The van der Waals surface area contributed by atoms with E-state index in [-0.39, 0.29) is 5.82 Å². The first-order valence-electron chi connectivity index (χ1n) is 4.36. The van der Waals surface area contributed by atoms with Crippen LogP contribution in [0.3, 0.4) is 0 Å². The fourth-order valence-corrected chi connectivity index (χ4v) is 2.05. The first kappa shape index (κ1) is 9.16. The van der Waals surface area contributed by atoms with Gasteiger partial charge in [-0.1, -0.05) is 22.0 Å². The Labute approximate surface area is 85.3 Å². The number of hydrogen-bond acceptors (Lipinski definition) is 1. The molecule has 1 aromatic rings. The zero-order valence-corrected chi connectivity index (χ0v) is 8.77. The molecule has 3 heteroatoms. The summed E-state index contributed by atoms with van der Waals surface area (Å²) in [6.07, 6.45) is 2.89. The van der Waals surface area contributed by atoms with Gasteiger partial charge in [0.25, 0.3) is 0 Å². The molecule has 0 aromatic heterocycles. The summed E-state index contributed by atoms with van der Waals surface area (Å²) in [5, 5.41) is 0. The van der Waals surface area contributed by atoms with Crippen LogP contribution in [0.1, 0.15) is 24.8 Å². The number of benzene rings is 1. The summed E-state index contributed by atoms with van der Waals surface area (Å²) in [7, 11) is 0. The zero-order chi connectivity index (χ0) is 9.47. The molecule has 2 rings (SSSR count). The maximum atomic E-state index is 13.5. The molecule has 0 atom stereocenters. The fraction of sp³-hybridized carbons (Fsp3) is 0.400. The summed E-state index contributed by atoms with van der Waals surface area (Å²) < 4.78 is 14.2. The van der Waals surface area contributed by atoms with E-state index in [1.807, 2.05) is 6.07 Å². The lowest BCUT2D eigenvalue weighted by atomic mass is 9.72. The predicted octanol–water partition coefficient (Wildman–Crippen LogP) is 2.93. The third-order valence-electron chi connectivity index (χ3n) is 2.71. The van der Waals surface area contributed by atoms with Gasteiger partial charge in [-0.15, -0.1) is 0 Å². The summed E-state index contributed by atoms with van der Waals surface area (Å²) >= 11 is 3.22. The van der Waals surface area contributed by atoms with Crippen molar-refractivity contribution in [3.63, 3.8) is 0 Å². The molecule has 0 unspecified atom stereocenters. The van der Waals surface area contributed by atoms with Crippen molar-refractivity contribution < 1.29 is 4.39 Å². The quantitative estimate of drug-likeness (QED) is 0.807. The highest BCUT2D eigenvalue weighted by Gasteiger charge is 2.36. The van der Waals surface area contributed by atoms with Crippen LogP contribution in [0, 0.1) is 5.82 Å². The predicted molar refractivity (Wildman–Crippen MR) is 53.8 cm³/mol. The minimum atomic E-state index is -0.398. The van der Waals surface area contributed by atoms with Crippen molar-refractivity contribution in [1.29, 1.82) is 0 Å². The van der Waals surface area contributed by atoms with Crippen LogP contribution in [-0.2, 0) is 5.54 Å². The highest BCUT2D eigenvalue weighted by Crippen LogP contribution is 2.40. The van der Waals surface area contributed by atoms with Crippen LogP contribution in [-0.4, -0.2) is 0 Å². The Morgan fingerprint density at radius 1 is 1.38 bits per heavy atom. The van der Waals surface area contributed by atoms with Gasteiger partial charge in [-0.25, -0.2) is 4.39 Å². The molecule has 0 radical (unpaired) electrons. The van der Waals surface area contributed by atoms with E-state index in [9.17, 15) is 4.39 Å². The van der Waals surface area contributed by atoms with Crippen LogP contribution in [0.2, 0.25) is 0 Å². The minimum absolute atomic E-state index is 0.198. The van der Waals surface area contributed by atoms with Crippen molar-refractivity contribution in [3.8, 4) is 0 Å². The lowest BCUT2D eigenvalue weighted by molar-refractivity contribution is 0.245. The molecular formula is C10H11BrFN. The van der Waals surface area contributed by atoms with Crippen molar-refractivity contribution in [2.75, 3.05) is 0 Å². The average Bonchev–Trinajstić information content (AvgIpc) is 2.00. The van der Waals surface area contributed by atoms with Gasteiger partial charge in [-0.2, -0.15) is 0 Å². The molecule has 1 saturated carbocycles. The van der Waals surface area contributed by atoms with E-state index in [0.717, 1.165) is 23.7 Å². The van der Waals surface area contributed by atoms with E-state index in [1.54, 1.807) is 6.07 Å². The Balaban J connectivity index is 2.40. The topological polar surface area (TPSA) is 26.0 Å². The van der Waals surface area contributed by atoms with Crippen LogP contribution >= 0.6 is 15.9 Å². The Morgan fingerprint density at radius 3 is 2.54 bits per heavy atom. The van der Waals surface area contributed by atoms with Gasteiger partial charge in [-0.3, -0.25) is 0 Å². The first-order chi connectivity index (χ1) is 6.12. The van der Waals surface area contributed by atoms with Crippen molar-refractivity contribution in [2.24, 2.45) is 5.73 Å². The van der Waals surface area contributed by atoms with E-state index in [4.69, 9.17) is 5.73 Å². The maximum Gasteiger partial charge on any atom is 0.129 e. The Hall–Kier alpha value is -0.410. The molecule has 2 N–H and O–H groups in total. The first-order valence-corrected chi connectivity index (χ1v) is 5.15. The molecule has 1 aliphatic rings. The van der Waals surface area contributed by atoms with Gasteiger partial charge in [0.05, 0.1) is 0 Å². The average molecular weight is 244 g/mol. The highest BCUT2D eigenvalue weighted by molar-refractivity contribution is 9.10. The highest BCUT2D eigenvalue weighted by atomic mass is 79.9. The Morgan fingerprint density at radius 2 is 2.08 bits per heavy atom.